The van der Waals surface area contributed by atoms with Crippen molar-refractivity contribution in [1.29, 1.82) is 0 Å². The van der Waals surface area contributed by atoms with E-state index in [-0.39, 0.29) is 0 Å². The fourth-order valence-electron chi connectivity index (χ4n) is 1.24. The lowest BCUT2D eigenvalue weighted by molar-refractivity contribution is 0.765. The lowest BCUT2D eigenvalue weighted by Crippen LogP contribution is -1.96. The summed E-state index contributed by atoms with van der Waals surface area (Å²) in [5.74, 6) is 0. The van der Waals surface area contributed by atoms with Gasteiger partial charge in [0.25, 0.3) is 0 Å². The minimum absolute atomic E-state index is 1.21. The Labute approximate surface area is 89.7 Å². The number of hydrogen-bond donors (Lipinski definition) is 0. The van der Waals surface area contributed by atoms with Crippen LogP contribution in [0.2, 0.25) is 0 Å². The van der Waals surface area contributed by atoms with Gasteiger partial charge in [0.1, 0.15) is 0 Å². The Hall–Kier alpha value is -1.04. The molecule has 0 saturated heterocycles. The Morgan fingerprint density at radius 1 is 1.14 bits per heavy atom. The molecule has 0 fully saturated rings. The predicted octanol–water partition coefficient (Wildman–Crippen LogP) is 5.06. The summed E-state index contributed by atoms with van der Waals surface area (Å²) in [6.45, 7) is 19.6. The first-order valence-electron chi connectivity index (χ1n) is 5.05. The van der Waals surface area contributed by atoms with Crippen LogP contribution in [0, 0.1) is 0 Å². The number of rotatable bonds is 0. The monoisotopic (exact) mass is 192 g/mol. The number of allylic oxidation sites excluding steroid dienone is 4. The van der Waals surface area contributed by atoms with Crippen molar-refractivity contribution >= 4 is 0 Å². The van der Waals surface area contributed by atoms with Crippen molar-refractivity contribution < 1.29 is 0 Å². The van der Waals surface area contributed by atoms with Crippen LogP contribution in [0.15, 0.2) is 49.1 Å². The normalized spacial score (nSPS) is 14.6. The average molecular weight is 192 g/mol. The fourth-order valence-corrected chi connectivity index (χ4v) is 1.24. The van der Waals surface area contributed by atoms with E-state index in [0.29, 0.717) is 0 Å². The maximum atomic E-state index is 3.99. The van der Waals surface area contributed by atoms with E-state index >= 15 is 0 Å². The fraction of sp³-hybridized carbons (Fsp3) is 0.429. The average Bonchev–Trinajstić information content (AvgIpc) is 2.19. The van der Waals surface area contributed by atoms with E-state index in [9.17, 15) is 0 Å². The van der Waals surface area contributed by atoms with Crippen LogP contribution in [0.5, 0.6) is 0 Å². The first-order chi connectivity index (χ1) is 6.63. The molecule has 0 bridgehead atoms. The van der Waals surface area contributed by atoms with Crippen molar-refractivity contribution in [1.82, 2.24) is 0 Å². The highest BCUT2D eigenvalue weighted by molar-refractivity contribution is 5.33. The maximum absolute atomic E-state index is 3.99. The van der Waals surface area contributed by atoms with Crippen molar-refractivity contribution in [2.45, 2.75) is 40.0 Å². The molecule has 80 valence electrons. The molecule has 0 aliphatic heterocycles. The topological polar surface area (TPSA) is 0 Å². The van der Waals surface area contributed by atoms with Gasteiger partial charge in [0.05, 0.1) is 0 Å². The Morgan fingerprint density at radius 2 is 1.57 bits per heavy atom. The van der Waals surface area contributed by atoms with Gasteiger partial charge in [0, 0.05) is 0 Å². The lowest BCUT2D eigenvalue weighted by atomic mass is 9.90. The van der Waals surface area contributed by atoms with Crippen molar-refractivity contribution in [2.75, 3.05) is 0 Å². The Morgan fingerprint density at radius 3 is 1.86 bits per heavy atom. The van der Waals surface area contributed by atoms with Gasteiger partial charge >= 0.3 is 0 Å². The van der Waals surface area contributed by atoms with E-state index in [2.05, 4.69) is 40.2 Å². The van der Waals surface area contributed by atoms with Crippen LogP contribution in [-0.2, 0) is 0 Å². The molecular formula is C14H24. The molecule has 0 radical (unpaired) electrons. The molecule has 0 aromatic carbocycles. The molecule has 0 heterocycles. The van der Waals surface area contributed by atoms with Gasteiger partial charge in [0.15, 0.2) is 0 Å². The minimum atomic E-state index is 1.21. The van der Waals surface area contributed by atoms with Gasteiger partial charge in [-0.05, 0) is 45.6 Å². The van der Waals surface area contributed by atoms with Crippen LogP contribution in [0.1, 0.15) is 40.0 Å². The van der Waals surface area contributed by atoms with Gasteiger partial charge in [-0.3, -0.25) is 0 Å². The highest BCUT2D eigenvalue weighted by atomic mass is 14.1. The molecule has 0 unspecified atom stereocenters. The summed E-state index contributed by atoms with van der Waals surface area (Å²) in [5.41, 5.74) is 4.33. The largest absolute Gasteiger partial charge is 0.106 e. The van der Waals surface area contributed by atoms with E-state index in [1.54, 1.807) is 6.08 Å². The van der Waals surface area contributed by atoms with E-state index in [1.165, 1.54) is 36.0 Å². The van der Waals surface area contributed by atoms with Gasteiger partial charge in [-0.25, -0.2) is 0 Å². The molecule has 1 aliphatic rings. The molecule has 1 rings (SSSR count). The van der Waals surface area contributed by atoms with E-state index in [4.69, 9.17) is 0 Å². The maximum Gasteiger partial charge on any atom is -0.0279 e. The van der Waals surface area contributed by atoms with Gasteiger partial charge in [-0.2, -0.15) is 0 Å². The van der Waals surface area contributed by atoms with Crippen LogP contribution in [-0.4, -0.2) is 0 Å². The van der Waals surface area contributed by atoms with E-state index in [1.807, 2.05) is 6.92 Å². The first-order valence-corrected chi connectivity index (χ1v) is 5.05. The third-order valence-corrected chi connectivity index (χ3v) is 2.20. The zero-order valence-corrected chi connectivity index (χ0v) is 10.0. The molecule has 0 saturated carbocycles. The quantitative estimate of drug-likeness (QED) is 0.471. The molecule has 0 aromatic rings. The molecule has 0 nitrogen and oxygen atoms in total. The van der Waals surface area contributed by atoms with Gasteiger partial charge < -0.3 is 0 Å². The van der Waals surface area contributed by atoms with Gasteiger partial charge in [-0.15, -0.1) is 19.7 Å². The van der Waals surface area contributed by atoms with Crippen LogP contribution < -0.4 is 0 Å². The van der Waals surface area contributed by atoms with E-state index in [0.717, 1.165) is 0 Å². The molecule has 14 heavy (non-hydrogen) atoms. The van der Waals surface area contributed by atoms with Crippen molar-refractivity contribution in [2.24, 2.45) is 0 Å². The van der Waals surface area contributed by atoms with Crippen LogP contribution in [0.3, 0.4) is 0 Å². The summed E-state index contributed by atoms with van der Waals surface area (Å²) < 4.78 is 0. The highest BCUT2D eigenvalue weighted by Gasteiger charge is 2.07. The van der Waals surface area contributed by atoms with Crippen LogP contribution >= 0.6 is 0 Å². The summed E-state index contributed by atoms with van der Waals surface area (Å²) in [6.07, 6.45) is 5.55. The zero-order chi connectivity index (χ0) is 11.6. The van der Waals surface area contributed by atoms with Crippen molar-refractivity contribution in [3.8, 4) is 0 Å². The summed E-state index contributed by atoms with van der Waals surface area (Å²) in [6, 6.07) is 0. The SMILES string of the molecule is C=C.C=C1CCCC(C)=C1C.C=CC. The zero-order valence-electron chi connectivity index (χ0n) is 10.0. The minimum Gasteiger partial charge on any atom is -0.106 e. The summed E-state index contributed by atoms with van der Waals surface area (Å²) >= 11 is 0. The first kappa shape index (κ1) is 15.4. The van der Waals surface area contributed by atoms with Crippen LogP contribution in [0.4, 0.5) is 0 Å². The molecule has 1 aliphatic carbocycles. The third kappa shape index (κ3) is 6.47. The van der Waals surface area contributed by atoms with Gasteiger partial charge in [0.2, 0.25) is 0 Å². The van der Waals surface area contributed by atoms with Crippen LogP contribution in [0.25, 0.3) is 0 Å². The molecule has 0 heteroatoms. The highest BCUT2D eigenvalue weighted by Crippen LogP contribution is 2.26. The number of hydrogen-bond acceptors (Lipinski definition) is 0. The summed E-state index contributed by atoms with van der Waals surface area (Å²) in [4.78, 5) is 0. The van der Waals surface area contributed by atoms with Crippen molar-refractivity contribution in [3.63, 3.8) is 0 Å². The lowest BCUT2D eigenvalue weighted by Gasteiger charge is -2.16. The second kappa shape index (κ2) is 10.0. The van der Waals surface area contributed by atoms with Gasteiger partial charge in [-0.1, -0.05) is 23.8 Å². The smallest absolute Gasteiger partial charge is 0.0279 e. The molecule has 0 atom stereocenters. The third-order valence-electron chi connectivity index (χ3n) is 2.20. The Bertz CT molecular complexity index is 206. The molecule has 0 N–H and O–H groups in total. The second-order valence-electron chi connectivity index (χ2n) is 3.27. The molecular weight excluding hydrogens is 168 g/mol. The summed E-state index contributed by atoms with van der Waals surface area (Å²) in [5, 5.41) is 0. The summed E-state index contributed by atoms with van der Waals surface area (Å²) in [7, 11) is 0. The second-order valence-corrected chi connectivity index (χ2v) is 3.27. The van der Waals surface area contributed by atoms with E-state index < -0.39 is 0 Å². The molecule has 0 amide bonds. The predicted molar refractivity (Wildman–Crippen MR) is 68.5 cm³/mol. The van der Waals surface area contributed by atoms with Crippen molar-refractivity contribution in [3.05, 3.63) is 49.1 Å². The molecule has 0 spiro atoms. The Balaban J connectivity index is 0. The Kier molecular flexibility index (Phi) is 11.1. The standard InChI is InChI=1S/C9H14.C3H6.C2H4/c1-7-5-4-6-8(2)9(7)3;1-3-2;1-2/h1,4-6H2,2-3H3;3H,1H2,2H3;1-2H2. The molecule has 0 aromatic heterocycles.